The maximum absolute atomic E-state index is 12.9. The molecule has 3 rings (SSSR count). The summed E-state index contributed by atoms with van der Waals surface area (Å²) >= 11 is 0. The molecule has 1 fully saturated rings. The lowest BCUT2D eigenvalue weighted by atomic mass is 9.89. The van der Waals surface area contributed by atoms with Gasteiger partial charge in [0.05, 0.1) is 18.4 Å². The number of halogens is 3. The molecule has 2 aromatic rings. The Morgan fingerprint density at radius 1 is 1.34 bits per heavy atom. The van der Waals surface area contributed by atoms with Crippen LogP contribution in [-0.2, 0) is 17.5 Å². The summed E-state index contributed by atoms with van der Waals surface area (Å²) in [5.41, 5.74) is 0.185. The van der Waals surface area contributed by atoms with Crippen LogP contribution in [0.1, 0.15) is 51.7 Å². The average molecular weight is 409 g/mol. The van der Waals surface area contributed by atoms with Crippen molar-refractivity contribution in [3.8, 4) is 0 Å². The van der Waals surface area contributed by atoms with Crippen molar-refractivity contribution in [1.82, 2.24) is 15.1 Å². The summed E-state index contributed by atoms with van der Waals surface area (Å²) in [6, 6.07) is 4.55. The number of hydrogen-bond acceptors (Lipinski definition) is 5. The zero-order chi connectivity index (χ0) is 21.0. The number of nitrogens with zero attached hydrogens (tertiary/aromatic N) is 2. The Bertz CT molecular complexity index is 879. The second-order valence-corrected chi connectivity index (χ2v) is 7.01. The molecule has 6 nitrogen and oxygen atoms in total. The summed E-state index contributed by atoms with van der Waals surface area (Å²) in [6.45, 7) is 3.48. The fourth-order valence-electron chi connectivity index (χ4n) is 3.55. The van der Waals surface area contributed by atoms with Crippen LogP contribution < -0.4 is 0 Å². The van der Waals surface area contributed by atoms with E-state index < -0.39 is 23.6 Å². The van der Waals surface area contributed by atoms with Crippen molar-refractivity contribution in [1.29, 1.82) is 0 Å². The monoisotopic (exact) mass is 409 g/mol. The van der Waals surface area contributed by atoms with Crippen molar-refractivity contribution in [3.63, 3.8) is 0 Å². The molecule has 0 amide bonds. The van der Waals surface area contributed by atoms with Gasteiger partial charge >= 0.3 is 12.1 Å². The zero-order valence-electron chi connectivity index (χ0n) is 16.0. The van der Waals surface area contributed by atoms with Gasteiger partial charge in [-0.3, -0.25) is 14.8 Å². The van der Waals surface area contributed by atoms with Crippen LogP contribution in [0.15, 0.2) is 30.5 Å². The lowest BCUT2D eigenvalue weighted by Gasteiger charge is -2.32. The van der Waals surface area contributed by atoms with E-state index in [9.17, 15) is 22.8 Å². The summed E-state index contributed by atoms with van der Waals surface area (Å²) in [5.74, 6) is -1.18. The first-order valence-electron chi connectivity index (χ1n) is 9.42. The molecule has 0 unspecified atom stereocenters. The van der Waals surface area contributed by atoms with E-state index in [0.29, 0.717) is 25.1 Å². The van der Waals surface area contributed by atoms with Crippen molar-refractivity contribution < 1.29 is 27.5 Å². The van der Waals surface area contributed by atoms with Gasteiger partial charge in [0.25, 0.3) is 0 Å². The Morgan fingerprint density at radius 2 is 2.14 bits per heavy atom. The molecule has 0 aliphatic carbocycles. The van der Waals surface area contributed by atoms with Crippen LogP contribution in [0.3, 0.4) is 0 Å². The third-order valence-electron chi connectivity index (χ3n) is 4.94. The first-order chi connectivity index (χ1) is 13.8. The lowest BCUT2D eigenvalue weighted by molar-refractivity contribution is -0.137. The van der Waals surface area contributed by atoms with Gasteiger partial charge in [-0.2, -0.15) is 18.3 Å². The molecule has 1 atom stereocenters. The summed E-state index contributed by atoms with van der Waals surface area (Å²) in [4.78, 5) is 26.8. The predicted octanol–water partition coefficient (Wildman–Crippen LogP) is 3.70. The van der Waals surface area contributed by atoms with Crippen LogP contribution in [0.2, 0.25) is 0 Å². The third kappa shape index (κ3) is 5.03. The summed E-state index contributed by atoms with van der Waals surface area (Å²) < 4.78 is 43.8. The first kappa shape index (κ1) is 21.0. The molecule has 1 aromatic carbocycles. The predicted molar refractivity (Wildman–Crippen MR) is 98.3 cm³/mol. The second kappa shape index (κ2) is 8.77. The Hall–Kier alpha value is -2.68. The normalized spacial score (nSPS) is 17.9. The minimum absolute atomic E-state index is 0.0715. The highest BCUT2D eigenvalue weighted by atomic mass is 19.4. The molecule has 1 aliphatic heterocycles. The highest BCUT2D eigenvalue weighted by Crippen LogP contribution is 2.31. The molecule has 9 heteroatoms. The number of carbonyl (C=O) groups is 2. The number of carbonyl (C=O) groups excluding carboxylic acids is 2. The van der Waals surface area contributed by atoms with Gasteiger partial charge in [-0.15, -0.1) is 0 Å². The van der Waals surface area contributed by atoms with E-state index in [2.05, 4.69) is 10.2 Å². The Kier molecular flexibility index (Phi) is 6.36. The Balaban J connectivity index is 1.69. The third-order valence-corrected chi connectivity index (χ3v) is 4.94. The highest BCUT2D eigenvalue weighted by Gasteiger charge is 2.32. The molecule has 2 heterocycles. The smallest absolute Gasteiger partial charge is 0.416 e. The van der Waals surface area contributed by atoms with Crippen molar-refractivity contribution in [2.45, 2.75) is 32.5 Å². The van der Waals surface area contributed by atoms with Crippen LogP contribution in [-0.4, -0.2) is 46.5 Å². The minimum atomic E-state index is -4.49. The Morgan fingerprint density at radius 3 is 2.86 bits per heavy atom. The molecular weight excluding hydrogens is 387 g/mol. The number of Topliss-reactive ketones (excluding diaryl/α,β-unsaturated/α-hetero) is 1. The van der Waals surface area contributed by atoms with Gasteiger partial charge in [-0.1, -0.05) is 12.1 Å². The van der Waals surface area contributed by atoms with E-state index in [1.807, 2.05) is 4.90 Å². The number of aromatic amines is 1. The number of nitrogens with one attached hydrogen (secondary N) is 1. The standard InChI is InChI=1S/C20H22F3N3O3/c1-2-29-19(28)17-15(10-24-25-17)12-26-8-4-6-14(11-26)18(27)13-5-3-7-16(9-13)20(21,22)23/h3,5,7,9-10,14H,2,4,6,8,11-12H2,1H3,(H,24,25)/t14-/m1/s1. The van der Waals surface area contributed by atoms with E-state index in [1.54, 1.807) is 13.1 Å². The van der Waals surface area contributed by atoms with E-state index in [-0.39, 0.29) is 23.6 Å². The summed E-state index contributed by atoms with van der Waals surface area (Å²) in [5, 5.41) is 6.53. The first-order valence-corrected chi connectivity index (χ1v) is 9.42. The maximum atomic E-state index is 12.9. The van der Waals surface area contributed by atoms with Gasteiger partial charge in [0.15, 0.2) is 5.78 Å². The number of aromatic nitrogens is 2. The van der Waals surface area contributed by atoms with Crippen molar-refractivity contribution in [3.05, 3.63) is 52.8 Å². The molecule has 156 valence electrons. The van der Waals surface area contributed by atoms with Crippen LogP contribution in [0.25, 0.3) is 0 Å². The number of hydrogen-bond donors (Lipinski definition) is 1. The SMILES string of the molecule is CCOC(=O)c1[nH]ncc1CN1CCC[C@@H](C(=O)c2cccc(C(F)(F)F)c2)C1. The fourth-order valence-corrected chi connectivity index (χ4v) is 3.55. The van der Waals surface area contributed by atoms with Gasteiger partial charge in [-0.25, -0.2) is 4.79 Å². The van der Waals surface area contributed by atoms with Crippen molar-refractivity contribution in [2.24, 2.45) is 5.92 Å². The molecule has 0 spiro atoms. The van der Waals surface area contributed by atoms with Crippen molar-refractivity contribution in [2.75, 3.05) is 19.7 Å². The molecule has 29 heavy (non-hydrogen) atoms. The molecule has 1 aromatic heterocycles. The Labute approximate surface area is 166 Å². The quantitative estimate of drug-likeness (QED) is 0.582. The second-order valence-electron chi connectivity index (χ2n) is 7.01. The highest BCUT2D eigenvalue weighted by molar-refractivity contribution is 5.98. The number of likely N-dealkylation sites (tertiary alicyclic amines) is 1. The number of rotatable bonds is 6. The largest absolute Gasteiger partial charge is 0.461 e. The van der Waals surface area contributed by atoms with Crippen LogP contribution in [0, 0.1) is 5.92 Å². The average Bonchev–Trinajstić information content (AvgIpc) is 3.15. The molecule has 1 N–H and O–H groups in total. The lowest BCUT2D eigenvalue weighted by Crippen LogP contribution is -2.38. The van der Waals surface area contributed by atoms with Crippen molar-refractivity contribution >= 4 is 11.8 Å². The van der Waals surface area contributed by atoms with Crippen LogP contribution >= 0.6 is 0 Å². The zero-order valence-corrected chi connectivity index (χ0v) is 16.0. The number of H-pyrrole nitrogens is 1. The number of esters is 1. The van der Waals surface area contributed by atoms with Crippen LogP contribution in [0.4, 0.5) is 13.2 Å². The number of alkyl halides is 3. The van der Waals surface area contributed by atoms with Crippen LogP contribution in [0.5, 0.6) is 0 Å². The molecular formula is C20H22F3N3O3. The topological polar surface area (TPSA) is 75.3 Å². The summed E-state index contributed by atoms with van der Waals surface area (Å²) in [6.07, 6.45) is -1.59. The molecule has 1 saturated heterocycles. The van der Waals surface area contributed by atoms with E-state index in [0.717, 1.165) is 25.1 Å². The van der Waals surface area contributed by atoms with E-state index >= 15 is 0 Å². The van der Waals surface area contributed by atoms with Gasteiger partial charge < -0.3 is 4.74 Å². The molecule has 1 aliphatic rings. The fraction of sp³-hybridized carbons (Fsp3) is 0.450. The summed E-state index contributed by atoms with van der Waals surface area (Å²) in [7, 11) is 0. The molecule has 0 bridgehead atoms. The van der Waals surface area contributed by atoms with Gasteiger partial charge in [0, 0.05) is 30.1 Å². The number of ketones is 1. The number of piperidine rings is 1. The maximum Gasteiger partial charge on any atom is 0.416 e. The van der Waals surface area contributed by atoms with Gasteiger partial charge in [-0.05, 0) is 38.4 Å². The van der Waals surface area contributed by atoms with E-state index in [1.165, 1.54) is 12.1 Å². The number of ether oxygens (including phenoxy) is 1. The minimum Gasteiger partial charge on any atom is -0.461 e. The van der Waals surface area contributed by atoms with E-state index in [4.69, 9.17) is 4.74 Å². The van der Waals surface area contributed by atoms with Gasteiger partial charge in [0.2, 0.25) is 0 Å². The number of benzene rings is 1. The molecule has 0 radical (unpaired) electrons. The van der Waals surface area contributed by atoms with Gasteiger partial charge in [0.1, 0.15) is 5.69 Å². The molecule has 0 saturated carbocycles.